The zero-order valence-electron chi connectivity index (χ0n) is 7.06. The maximum absolute atomic E-state index is 12.4. The van der Waals surface area contributed by atoms with Crippen molar-refractivity contribution in [2.75, 3.05) is 0 Å². The van der Waals surface area contributed by atoms with Gasteiger partial charge in [0, 0.05) is 0 Å². The summed E-state index contributed by atoms with van der Waals surface area (Å²) in [5.74, 6) is 0. The van der Waals surface area contributed by atoms with Gasteiger partial charge < -0.3 is 5.73 Å². The van der Waals surface area contributed by atoms with Gasteiger partial charge in [-0.15, -0.1) is 12.4 Å². The van der Waals surface area contributed by atoms with E-state index in [2.05, 4.69) is 0 Å². The van der Waals surface area contributed by atoms with Crippen molar-refractivity contribution in [3.05, 3.63) is 0 Å². The highest BCUT2D eigenvalue weighted by Gasteiger charge is 2.35. The van der Waals surface area contributed by atoms with Gasteiger partial charge in [-0.05, 0) is 12.8 Å². The predicted molar refractivity (Wildman–Crippen MR) is 47.9 cm³/mol. The van der Waals surface area contributed by atoms with E-state index in [-0.39, 0.29) is 12.4 Å². The first-order valence-electron chi connectivity index (χ1n) is 4.22. The lowest BCUT2D eigenvalue weighted by atomic mass is 9.92. The molecule has 74 valence electrons. The summed E-state index contributed by atoms with van der Waals surface area (Å²) >= 11 is 0. The molecule has 0 heterocycles. The van der Waals surface area contributed by atoms with Gasteiger partial charge in [-0.3, -0.25) is 0 Å². The van der Waals surface area contributed by atoms with Gasteiger partial charge >= 0.3 is 0 Å². The van der Waals surface area contributed by atoms with E-state index in [1.807, 2.05) is 0 Å². The van der Waals surface area contributed by atoms with E-state index in [0.29, 0.717) is 12.8 Å². The highest BCUT2D eigenvalue weighted by molar-refractivity contribution is 5.85. The zero-order chi connectivity index (χ0) is 8.32. The molecule has 0 bridgehead atoms. The Morgan fingerprint density at radius 3 is 1.75 bits per heavy atom. The van der Waals surface area contributed by atoms with E-state index < -0.39 is 12.0 Å². The highest BCUT2D eigenvalue weighted by Crippen LogP contribution is 2.29. The molecule has 0 aliphatic heterocycles. The number of hydrogen-bond donors (Lipinski definition) is 1. The van der Waals surface area contributed by atoms with Crippen LogP contribution in [0.4, 0.5) is 8.78 Å². The molecule has 1 saturated carbocycles. The maximum atomic E-state index is 12.4. The Morgan fingerprint density at radius 1 is 1.00 bits per heavy atom. The molecule has 2 N–H and O–H groups in total. The Labute approximate surface area is 78.1 Å². The monoisotopic (exact) mass is 199 g/mol. The van der Waals surface area contributed by atoms with E-state index in [0.717, 1.165) is 25.7 Å². The van der Waals surface area contributed by atoms with Crippen LogP contribution in [-0.4, -0.2) is 12.0 Å². The van der Waals surface area contributed by atoms with Crippen molar-refractivity contribution in [1.29, 1.82) is 0 Å². The minimum Gasteiger partial charge on any atom is -0.320 e. The zero-order valence-corrected chi connectivity index (χ0v) is 7.88. The Morgan fingerprint density at radius 2 is 1.42 bits per heavy atom. The fourth-order valence-electron chi connectivity index (χ4n) is 1.61. The number of alkyl halides is 2. The molecular formula is C8H16ClF2N. The molecule has 1 fully saturated rings. The third-order valence-corrected chi connectivity index (χ3v) is 2.47. The van der Waals surface area contributed by atoms with Gasteiger partial charge in [-0.25, -0.2) is 8.78 Å². The Kier molecular flexibility index (Phi) is 5.02. The highest BCUT2D eigenvalue weighted by atomic mass is 35.5. The molecule has 0 aromatic heterocycles. The Hall–Kier alpha value is 0.110. The number of halogens is 3. The summed E-state index contributed by atoms with van der Waals surface area (Å²) in [6, 6.07) is 0. The van der Waals surface area contributed by atoms with Gasteiger partial charge in [0.1, 0.15) is 0 Å². The first-order chi connectivity index (χ1) is 5.15. The largest absolute Gasteiger partial charge is 0.320 e. The normalized spacial score (nSPS) is 23.0. The van der Waals surface area contributed by atoms with Gasteiger partial charge in [0.25, 0.3) is 6.43 Å². The first kappa shape index (κ1) is 12.1. The molecule has 0 aromatic rings. The molecule has 0 atom stereocenters. The molecular weight excluding hydrogens is 184 g/mol. The van der Waals surface area contributed by atoms with Crippen molar-refractivity contribution in [3.63, 3.8) is 0 Å². The van der Waals surface area contributed by atoms with Crippen molar-refractivity contribution in [2.24, 2.45) is 5.73 Å². The molecule has 0 unspecified atom stereocenters. The van der Waals surface area contributed by atoms with Crippen molar-refractivity contribution < 1.29 is 8.78 Å². The van der Waals surface area contributed by atoms with Gasteiger partial charge in [0.05, 0.1) is 5.54 Å². The molecule has 0 radical (unpaired) electrons. The van der Waals surface area contributed by atoms with Crippen molar-refractivity contribution in [1.82, 2.24) is 0 Å². The van der Waals surface area contributed by atoms with Crippen molar-refractivity contribution >= 4 is 12.4 Å². The van der Waals surface area contributed by atoms with E-state index in [1.54, 1.807) is 0 Å². The molecule has 0 aromatic carbocycles. The summed E-state index contributed by atoms with van der Waals surface area (Å²) in [6.45, 7) is 0. The topological polar surface area (TPSA) is 26.0 Å². The molecule has 0 amide bonds. The van der Waals surface area contributed by atoms with Crippen LogP contribution in [0.2, 0.25) is 0 Å². The second-order valence-electron chi connectivity index (χ2n) is 3.45. The Bertz CT molecular complexity index is 122. The quantitative estimate of drug-likeness (QED) is 0.646. The second-order valence-corrected chi connectivity index (χ2v) is 3.45. The van der Waals surface area contributed by atoms with Gasteiger partial charge in [0.2, 0.25) is 0 Å². The summed E-state index contributed by atoms with van der Waals surface area (Å²) in [6.07, 6.45) is 2.48. The molecule has 0 saturated heterocycles. The Balaban J connectivity index is 0.00000121. The lowest BCUT2D eigenvalue weighted by Crippen LogP contribution is -2.46. The summed E-state index contributed by atoms with van der Waals surface area (Å²) in [5, 5.41) is 0. The SMILES string of the molecule is Cl.NC1(C(F)F)CCCCCC1. The standard InChI is InChI=1S/C8H15F2N.ClH/c9-7(10)8(11)5-3-1-2-4-6-8;/h7H,1-6,11H2;1H. The average Bonchev–Trinajstić information content (AvgIpc) is 2.15. The number of hydrogen-bond acceptors (Lipinski definition) is 1. The van der Waals surface area contributed by atoms with Crippen LogP contribution < -0.4 is 5.73 Å². The van der Waals surface area contributed by atoms with Gasteiger partial charge in [-0.2, -0.15) is 0 Å². The van der Waals surface area contributed by atoms with Crippen LogP contribution >= 0.6 is 12.4 Å². The molecule has 1 rings (SSSR count). The molecule has 1 nitrogen and oxygen atoms in total. The molecule has 1 aliphatic carbocycles. The van der Waals surface area contributed by atoms with Crippen LogP contribution in [0, 0.1) is 0 Å². The third kappa shape index (κ3) is 2.87. The number of rotatable bonds is 1. The van der Waals surface area contributed by atoms with Crippen LogP contribution in [0.25, 0.3) is 0 Å². The van der Waals surface area contributed by atoms with Crippen molar-refractivity contribution in [3.8, 4) is 0 Å². The lowest BCUT2D eigenvalue weighted by Gasteiger charge is -2.26. The fraction of sp³-hybridized carbons (Fsp3) is 1.00. The molecule has 12 heavy (non-hydrogen) atoms. The van der Waals surface area contributed by atoms with Crippen LogP contribution in [0.5, 0.6) is 0 Å². The van der Waals surface area contributed by atoms with Crippen LogP contribution in [0.15, 0.2) is 0 Å². The molecule has 4 heteroatoms. The van der Waals surface area contributed by atoms with Crippen LogP contribution in [0.1, 0.15) is 38.5 Å². The summed E-state index contributed by atoms with van der Waals surface area (Å²) in [7, 11) is 0. The summed E-state index contributed by atoms with van der Waals surface area (Å²) in [5.41, 5.74) is 4.38. The van der Waals surface area contributed by atoms with E-state index in [9.17, 15) is 8.78 Å². The minimum atomic E-state index is -2.35. The molecule has 1 aliphatic rings. The van der Waals surface area contributed by atoms with Crippen LogP contribution in [-0.2, 0) is 0 Å². The van der Waals surface area contributed by atoms with Gasteiger partial charge in [-0.1, -0.05) is 25.7 Å². The van der Waals surface area contributed by atoms with E-state index in [1.165, 1.54) is 0 Å². The smallest absolute Gasteiger partial charge is 0.256 e. The summed E-state index contributed by atoms with van der Waals surface area (Å²) in [4.78, 5) is 0. The van der Waals surface area contributed by atoms with E-state index >= 15 is 0 Å². The molecule has 0 spiro atoms. The first-order valence-corrected chi connectivity index (χ1v) is 4.22. The van der Waals surface area contributed by atoms with Crippen molar-refractivity contribution in [2.45, 2.75) is 50.5 Å². The lowest BCUT2D eigenvalue weighted by molar-refractivity contribution is 0.0445. The predicted octanol–water partition coefficient (Wildman–Crippen LogP) is 2.73. The maximum Gasteiger partial charge on any atom is 0.256 e. The van der Waals surface area contributed by atoms with Gasteiger partial charge in [0.15, 0.2) is 0 Å². The minimum absolute atomic E-state index is 0. The second kappa shape index (κ2) is 4.97. The summed E-state index contributed by atoms with van der Waals surface area (Å²) < 4.78 is 24.7. The average molecular weight is 200 g/mol. The fourth-order valence-corrected chi connectivity index (χ4v) is 1.61. The number of nitrogens with two attached hydrogens (primary N) is 1. The van der Waals surface area contributed by atoms with E-state index in [4.69, 9.17) is 5.73 Å². The third-order valence-electron chi connectivity index (χ3n) is 2.47. The van der Waals surface area contributed by atoms with Crippen LogP contribution in [0.3, 0.4) is 0 Å².